The highest BCUT2D eigenvalue weighted by Gasteiger charge is 2.18. The van der Waals surface area contributed by atoms with Gasteiger partial charge in [0.25, 0.3) is 0 Å². The van der Waals surface area contributed by atoms with Crippen molar-refractivity contribution in [3.05, 3.63) is 11.6 Å². The van der Waals surface area contributed by atoms with E-state index in [1.807, 2.05) is 6.08 Å². The summed E-state index contributed by atoms with van der Waals surface area (Å²) in [6.07, 6.45) is 8.15. The molecular weight excluding hydrogens is 202 g/mol. The maximum atomic E-state index is 10.7. The normalized spacial score (nSPS) is 24.1. The van der Waals surface area contributed by atoms with Crippen LogP contribution in [0, 0.1) is 0 Å². The molecule has 1 heterocycles. The van der Waals surface area contributed by atoms with Crippen molar-refractivity contribution >= 4 is 5.97 Å². The van der Waals surface area contributed by atoms with Crippen LogP contribution in [0.1, 0.15) is 46.0 Å². The highest BCUT2D eigenvalue weighted by atomic mass is 16.4. The number of hydrogen-bond acceptors (Lipinski definition) is 2. The van der Waals surface area contributed by atoms with Gasteiger partial charge < -0.3 is 5.11 Å². The molecule has 16 heavy (non-hydrogen) atoms. The van der Waals surface area contributed by atoms with E-state index in [0.29, 0.717) is 11.6 Å². The van der Waals surface area contributed by atoms with Gasteiger partial charge in [0.15, 0.2) is 0 Å². The molecule has 0 aromatic heterocycles. The number of rotatable bonds is 4. The first-order chi connectivity index (χ1) is 7.65. The third-order valence-electron chi connectivity index (χ3n) is 3.44. The van der Waals surface area contributed by atoms with E-state index < -0.39 is 5.97 Å². The lowest BCUT2D eigenvalue weighted by Gasteiger charge is -2.27. The van der Waals surface area contributed by atoms with Crippen molar-refractivity contribution in [2.45, 2.75) is 52.0 Å². The van der Waals surface area contributed by atoms with E-state index in [-0.39, 0.29) is 0 Å². The maximum absolute atomic E-state index is 10.7. The topological polar surface area (TPSA) is 40.5 Å². The van der Waals surface area contributed by atoms with Gasteiger partial charge in [0.1, 0.15) is 0 Å². The molecule has 0 amide bonds. The predicted molar refractivity (Wildman–Crippen MR) is 65.5 cm³/mol. The summed E-state index contributed by atoms with van der Waals surface area (Å²) < 4.78 is 0. The molecule has 1 atom stereocenters. The molecular formula is C13H23NO2. The van der Waals surface area contributed by atoms with Crippen LogP contribution >= 0.6 is 0 Å². The third-order valence-corrected chi connectivity index (χ3v) is 3.44. The van der Waals surface area contributed by atoms with Crippen molar-refractivity contribution in [1.82, 2.24) is 4.90 Å². The van der Waals surface area contributed by atoms with Gasteiger partial charge in [-0.05, 0) is 32.7 Å². The first-order valence-corrected chi connectivity index (χ1v) is 6.29. The Morgan fingerprint density at radius 3 is 2.81 bits per heavy atom. The number of carbonyl (C=O) groups is 1. The Morgan fingerprint density at radius 1 is 1.44 bits per heavy atom. The summed E-state index contributed by atoms with van der Waals surface area (Å²) in [4.78, 5) is 13.1. The van der Waals surface area contributed by atoms with Crippen molar-refractivity contribution in [3.8, 4) is 0 Å². The predicted octanol–water partition coefficient (Wildman–Crippen LogP) is 2.67. The maximum Gasteiger partial charge on any atom is 0.330 e. The summed E-state index contributed by atoms with van der Waals surface area (Å²) in [5, 5.41) is 8.80. The van der Waals surface area contributed by atoms with Crippen LogP contribution in [0.4, 0.5) is 0 Å². The summed E-state index contributed by atoms with van der Waals surface area (Å²) >= 11 is 0. The van der Waals surface area contributed by atoms with Crippen LogP contribution < -0.4 is 0 Å². The molecule has 0 aromatic rings. The van der Waals surface area contributed by atoms with E-state index >= 15 is 0 Å². The van der Waals surface area contributed by atoms with Gasteiger partial charge in [0.05, 0.1) is 0 Å². The Bertz CT molecular complexity index is 261. The second-order valence-electron chi connectivity index (χ2n) is 4.60. The van der Waals surface area contributed by atoms with Crippen LogP contribution in [0.3, 0.4) is 0 Å². The monoisotopic (exact) mass is 225 g/mol. The molecule has 3 heteroatoms. The smallest absolute Gasteiger partial charge is 0.330 e. The molecule has 92 valence electrons. The molecule has 1 unspecified atom stereocenters. The molecule has 1 rings (SSSR count). The molecule has 0 aliphatic carbocycles. The third kappa shape index (κ3) is 3.97. The average molecular weight is 225 g/mol. The lowest BCUT2D eigenvalue weighted by atomic mass is 10.1. The van der Waals surface area contributed by atoms with E-state index in [1.54, 1.807) is 6.92 Å². The highest BCUT2D eigenvalue weighted by molar-refractivity contribution is 5.85. The van der Waals surface area contributed by atoms with Gasteiger partial charge >= 0.3 is 5.97 Å². The minimum absolute atomic E-state index is 0.458. The Kier molecular flexibility index (Phi) is 5.53. The molecule has 1 saturated heterocycles. The van der Waals surface area contributed by atoms with Gasteiger partial charge in [0, 0.05) is 18.2 Å². The fourth-order valence-corrected chi connectivity index (χ4v) is 2.28. The SMILES string of the molecule is CCC1CCCCCN1C/C=C(/C)C(=O)O. The summed E-state index contributed by atoms with van der Waals surface area (Å²) in [6, 6.07) is 0.639. The van der Waals surface area contributed by atoms with Crippen LogP contribution in [-0.2, 0) is 4.79 Å². The van der Waals surface area contributed by atoms with Crippen LogP contribution in [0.5, 0.6) is 0 Å². The summed E-state index contributed by atoms with van der Waals surface area (Å²) in [5.74, 6) is -0.803. The zero-order valence-corrected chi connectivity index (χ0v) is 10.4. The van der Waals surface area contributed by atoms with Crippen LogP contribution in [-0.4, -0.2) is 35.1 Å². The number of carboxylic acid groups (broad SMARTS) is 1. The number of carboxylic acids is 1. The zero-order valence-electron chi connectivity index (χ0n) is 10.4. The quantitative estimate of drug-likeness (QED) is 0.748. The van der Waals surface area contributed by atoms with E-state index in [0.717, 1.165) is 13.1 Å². The van der Waals surface area contributed by atoms with E-state index in [4.69, 9.17) is 5.11 Å². The van der Waals surface area contributed by atoms with Crippen LogP contribution in [0.15, 0.2) is 11.6 Å². The van der Waals surface area contributed by atoms with E-state index in [1.165, 1.54) is 32.1 Å². The molecule has 0 bridgehead atoms. The molecule has 0 spiro atoms. The summed E-state index contributed by atoms with van der Waals surface area (Å²) in [6.45, 7) is 5.79. The van der Waals surface area contributed by atoms with Crippen molar-refractivity contribution in [1.29, 1.82) is 0 Å². The van der Waals surface area contributed by atoms with Crippen molar-refractivity contribution < 1.29 is 9.90 Å². The first-order valence-electron chi connectivity index (χ1n) is 6.29. The lowest BCUT2D eigenvalue weighted by molar-refractivity contribution is -0.132. The lowest BCUT2D eigenvalue weighted by Crippen LogP contribution is -2.34. The van der Waals surface area contributed by atoms with Gasteiger partial charge in [-0.3, -0.25) is 4.90 Å². The number of likely N-dealkylation sites (tertiary alicyclic amines) is 1. The molecule has 1 fully saturated rings. The molecule has 1 aliphatic rings. The molecule has 0 aromatic carbocycles. The minimum atomic E-state index is -0.803. The van der Waals surface area contributed by atoms with Gasteiger partial charge in [-0.25, -0.2) is 4.79 Å². The molecule has 0 radical (unpaired) electrons. The highest BCUT2D eigenvalue weighted by Crippen LogP contribution is 2.18. The number of nitrogens with zero attached hydrogens (tertiary/aromatic N) is 1. The molecule has 3 nitrogen and oxygen atoms in total. The van der Waals surface area contributed by atoms with Crippen molar-refractivity contribution in [2.24, 2.45) is 0 Å². The number of aliphatic carboxylic acids is 1. The Labute approximate surface area is 98.1 Å². The Hall–Kier alpha value is -0.830. The van der Waals surface area contributed by atoms with Gasteiger partial charge in [0.2, 0.25) is 0 Å². The molecule has 1 aliphatic heterocycles. The van der Waals surface area contributed by atoms with Crippen LogP contribution in [0.2, 0.25) is 0 Å². The minimum Gasteiger partial charge on any atom is -0.478 e. The summed E-state index contributed by atoms with van der Waals surface area (Å²) in [7, 11) is 0. The van der Waals surface area contributed by atoms with Gasteiger partial charge in [-0.1, -0.05) is 25.8 Å². The number of hydrogen-bond donors (Lipinski definition) is 1. The van der Waals surface area contributed by atoms with E-state index in [9.17, 15) is 4.79 Å². The molecule has 1 N–H and O–H groups in total. The van der Waals surface area contributed by atoms with Gasteiger partial charge in [-0.15, -0.1) is 0 Å². The standard InChI is InChI=1S/C13H23NO2/c1-3-12-7-5-4-6-9-14(12)10-8-11(2)13(15)16/h8,12H,3-7,9-10H2,1-2H3,(H,15,16)/b11-8-. The molecule has 0 saturated carbocycles. The Morgan fingerprint density at radius 2 is 2.19 bits per heavy atom. The summed E-state index contributed by atoms with van der Waals surface area (Å²) in [5.41, 5.74) is 0.458. The first kappa shape index (κ1) is 13.2. The fraction of sp³-hybridized carbons (Fsp3) is 0.769. The van der Waals surface area contributed by atoms with Gasteiger partial charge in [-0.2, -0.15) is 0 Å². The van der Waals surface area contributed by atoms with Crippen molar-refractivity contribution in [3.63, 3.8) is 0 Å². The zero-order chi connectivity index (χ0) is 12.0. The van der Waals surface area contributed by atoms with Crippen molar-refractivity contribution in [2.75, 3.05) is 13.1 Å². The average Bonchev–Trinajstić information content (AvgIpc) is 2.50. The van der Waals surface area contributed by atoms with E-state index in [2.05, 4.69) is 11.8 Å². The second kappa shape index (κ2) is 6.69. The fourth-order valence-electron chi connectivity index (χ4n) is 2.28. The second-order valence-corrected chi connectivity index (χ2v) is 4.60. The Balaban J connectivity index is 2.55. The van der Waals surface area contributed by atoms with Crippen LogP contribution in [0.25, 0.3) is 0 Å². The largest absolute Gasteiger partial charge is 0.478 e.